The van der Waals surface area contributed by atoms with E-state index in [9.17, 15) is 10.2 Å². The molecule has 0 fully saturated rings. The van der Waals surface area contributed by atoms with Gasteiger partial charge < -0.3 is 10.2 Å². The Morgan fingerprint density at radius 2 is 1.35 bits per heavy atom. The Bertz CT molecular complexity index is 437. The molecule has 0 aliphatic heterocycles. The predicted molar refractivity (Wildman–Crippen MR) is 99.9 cm³/mol. The van der Waals surface area contributed by atoms with Crippen molar-refractivity contribution in [3.05, 3.63) is 29.8 Å². The maximum Gasteiger partial charge on any atom is 0.164 e. The Morgan fingerprint density at radius 3 is 1.96 bits per heavy atom. The fourth-order valence-corrected chi connectivity index (χ4v) is 2.82. The summed E-state index contributed by atoms with van der Waals surface area (Å²) in [4.78, 5) is 0. The highest BCUT2D eigenvalue weighted by atomic mass is 16.3. The Kier molecular flexibility index (Phi) is 11.1. The van der Waals surface area contributed by atoms with Crippen LogP contribution in [0.1, 0.15) is 89.5 Å². The lowest BCUT2D eigenvalue weighted by molar-refractivity contribution is 0.403. The monoisotopic (exact) mass is 318 g/mol. The van der Waals surface area contributed by atoms with Crippen molar-refractivity contribution in [2.24, 2.45) is 0 Å². The van der Waals surface area contributed by atoms with Crippen LogP contribution in [0.15, 0.2) is 24.3 Å². The van der Waals surface area contributed by atoms with Gasteiger partial charge in [-0.3, -0.25) is 0 Å². The van der Waals surface area contributed by atoms with Crippen LogP contribution in [0.5, 0.6) is 11.5 Å². The Balaban J connectivity index is 1.95. The summed E-state index contributed by atoms with van der Waals surface area (Å²) in [6.07, 6.45) is 20.0. The van der Waals surface area contributed by atoms with E-state index in [0.717, 1.165) is 6.42 Å². The summed E-state index contributed by atoms with van der Waals surface area (Å²) in [7, 11) is 0. The number of hydrogen-bond acceptors (Lipinski definition) is 2. The van der Waals surface area contributed by atoms with Crippen molar-refractivity contribution in [3.8, 4) is 11.5 Å². The molecule has 130 valence electrons. The van der Waals surface area contributed by atoms with E-state index < -0.39 is 0 Å². The van der Waals surface area contributed by atoms with E-state index in [1.807, 2.05) is 12.1 Å². The number of unbranched alkanes of at least 4 members (excludes halogenated alkanes) is 11. The zero-order valence-corrected chi connectivity index (χ0v) is 14.8. The number of phenolic OH excluding ortho intramolecular Hbond substituents is 2. The van der Waals surface area contributed by atoms with Crippen LogP contribution in [-0.4, -0.2) is 10.2 Å². The molecular formula is C21H34O2. The first-order chi connectivity index (χ1) is 11.3. The standard InChI is InChI=1S/C21H34O2/c1-2-3-4-5-6-7-8-9-10-11-12-13-14-16-19-17-15-18-20(22)21(19)23/h14-18,22-23H,2-13H2,1H3. The van der Waals surface area contributed by atoms with E-state index in [2.05, 4.69) is 13.0 Å². The number of phenols is 2. The molecule has 2 N–H and O–H groups in total. The molecule has 0 atom stereocenters. The first-order valence-corrected chi connectivity index (χ1v) is 9.43. The van der Waals surface area contributed by atoms with Crippen LogP contribution in [0, 0.1) is 0 Å². The second-order valence-electron chi connectivity index (χ2n) is 6.44. The summed E-state index contributed by atoms with van der Waals surface area (Å²) in [5, 5.41) is 19.1. The fourth-order valence-electron chi connectivity index (χ4n) is 2.82. The maximum atomic E-state index is 9.69. The molecule has 0 amide bonds. The van der Waals surface area contributed by atoms with Gasteiger partial charge >= 0.3 is 0 Å². The SMILES string of the molecule is CCCCCCCCCCCCCC=Cc1cccc(O)c1O. The molecule has 0 aromatic heterocycles. The van der Waals surface area contributed by atoms with Gasteiger partial charge in [0.15, 0.2) is 11.5 Å². The van der Waals surface area contributed by atoms with Gasteiger partial charge in [0.1, 0.15) is 0 Å². The van der Waals surface area contributed by atoms with Crippen LogP contribution in [0.2, 0.25) is 0 Å². The third-order valence-corrected chi connectivity index (χ3v) is 4.32. The van der Waals surface area contributed by atoms with Gasteiger partial charge in [-0.25, -0.2) is 0 Å². The Hall–Kier alpha value is -1.44. The summed E-state index contributed by atoms with van der Waals surface area (Å²) in [6, 6.07) is 5.06. The van der Waals surface area contributed by atoms with E-state index in [0.29, 0.717) is 5.56 Å². The number of rotatable bonds is 13. The number of aromatic hydroxyl groups is 2. The molecule has 2 nitrogen and oxygen atoms in total. The number of allylic oxidation sites excluding steroid dienone is 1. The molecule has 0 aliphatic rings. The third kappa shape index (κ3) is 9.32. The zero-order valence-electron chi connectivity index (χ0n) is 14.8. The fraction of sp³-hybridized carbons (Fsp3) is 0.619. The topological polar surface area (TPSA) is 40.5 Å². The van der Waals surface area contributed by atoms with E-state index in [-0.39, 0.29) is 11.5 Å². The maximum absolute atomic E-state index is 9.69. The van der Waals surface area contributed by atoms with Crippen LogP contribution in [-0.2, 0) is 0 Å². The second-order valence-corrected chi connectivity index (χ2v) is 6.44. The van der Waals surface area contributed by atoms with Crippen molar-refractivity contribution in [1.29, 1.82) is 0 Å². The summed E-state index contributed by atoms with van der Waals surface area (Å²) >= 11 is 0. The second kappa shape index (κ2) is 13.0. The van der Waals surface area contributed by atoms with Gasteiger partial charge in [-0.15, -0.1) is 0 Å². The molecule has 0 unspecified atom stereocenters. The Labute approximate surface area is 142 Å². The zero-order chi connectivity index (χ0) is 16.8. The van der Waals surface area contributed by atoms with Crippen molar-refractivity contribution in [3.63, 3.8) is 0 Å². The lowest BCUT2D eigenvalue weighted by Gasteiger charge is -2.02. The molecule has 0 heterocycles. The van der Waals surface area contributed by atoms with Crippen molar-refractivity contribution in [2.75, 3.05) is 0 Å². The molecule has 0 spiro atoms. The van der Waals surface area contributed by atoms with Crippen LogP contribution in [0.3, 0.4) is 0 Å². The highest BCUT2D eigenvalue weighted by molar-refractivity contribution is 5.61. The molecule has 0 bridgehead atoms. The van der Waals surface area contributed by atoms with E-state index in [1.54, 1.807) is 6.07 Å². The van der Waals surface area contributed by atoms with Crippen molar-refractivity contribution in [1.82, 2.24) is 0 Å². The molecule has 1 aromatic rings. The number of hydrogen-bond donors (Lipinski definition) is 2. The van der Waals surface area contributed by atoms with Gasteiger partial charge in [-0.1, -0.05) is 95.4 Å². The average Bonchev–Trinajstić information content (AvgIpc) is 2.55. The quantitative estimate of drug-likeness (QED) is 0.310. The molecule has 0 radical (unpaired) electrons. The first-order valence-electron chi connectivity index (χ1n) is 9.43. The average molecular weight is 319 g/mol. The lowest BCUT2D eigenvalue weighted by atomic mass is 10.0. The Morgan fingerprint density at radius 1 is 0.783 bits per heavy atom. The van der Waals surface area contributed by atoms with E-state index >= 15 is 0 Å². The molecule has 23 heavy (non-hydrogen) atoms. The summed E-state index contributed by atoms with van der Waals surface area (Å²) in [5.74, 6) is -0.0791. The molecular weight excluding hydrogens is 284 g/mol. The summed E-state index contributed by atoms with van der Waals surface area (Å²) < 4.78 is 0. The third-order valence-electron chi connectivity index (χ3n) is 4.32. The summed E-state index contributed by atoms with van der Waals surface area (Å²) in [6.45, 7) is 2.27. The van der Waals surface area contributed by atoms with Crippen molar-refractivity contribution >= 4 is 6.08 Å². The molecule has 0 saturated carbocycles. The van der Waals surface area contributed by atoms with Gasteiger partial charge in [0.25, 0.3) is 0 Å². The summed E-state index contributed by atoms with van der Waals surface area (Å²) in [5.41, 5.74) is 0.688. The highest BCUT2D eigenvalue weighted by Gasteiger charge is 2.01. The van der Waals surface area contributed by atoms with Crippen molar-refractivity contribution < 1.29 is 10.2 Å². The smallest absolute Gasteiger partial charge is 0.164 e. The van der Waals surface area contributed by atoms with Gasteiger partial charge in [0.05, 0.1) is 0 Å². The van der Waals surface area contributed by atoms with Crippen LogP contribution in [0.25, 0.3) is 6.08 Å². The van der Waals surface area contributed by atoms with Gasteiger partial charge in [-0.2, -0.15) is 0 Å². The number of para-hydroxylation sites is 1. The predicted octanol–water partition coefficient (Wildman–Crippen LogP) is 6.81. The van der Waals surface area contributed by atoms with Crippen LogP contribution >= 0.6 is 0 Å². The van der Waals surface area contributed by atoms with Crippen LogP contribution in [0.4, 0.5) is 0 Å². The molecule has 0 aliphatic carbocycles. The van der Waals surface area contributed by atoms with Crippen LogP contribution < -0.4 is 0 Å². The highest BCUT2D eigenvalue weighted by Crippen LogP contribution is 2.29. The molecule has 1 aromatic carbocycles. The number of benzene rings is 1. The van der Waals surface area contributed by atoms with Gasteiger partial charge in [0, 0.05) is 5.56 Å². The molecule has 0 saturated heterocycles. The normalized spacial score (nSPS) is 11.3. The minimum atomic E-state index is -0.0538. The largest absolute Gasteiger partial charge is 0.504 e. The lowest BCUT2D eigenvalue weighted by Crippen LogP contribution is -1.82. The molecule has 1 rings (SSSR count). The van der Waals surface area contributed by atoms with Gasteiger partial charge in [0.2, 0.25) is 0 Å². The van der Waals surface area contributed by atoms with Crippen molar-refractivity contribution in [2.45, 2.75) is 84.0 Å². The molecule has 2 heteroatoms. The van der Waals surface area contributed by atoms with Gasteiger partial charge in [-0.05, 0) is 18.9 Å². The minimum absolute atomic E-state index is 0.0253. The first kappa shape index (κ1) is 19.6. The van der Waals surface area contributed by atoms with E-state index in [1.165, 1.54) is 76.7 Å². The minimum Gasteiger partial charge on any atom is -0.504 e. The van der Waals surface area contributed by atoms with E-state index in [4.69, 9.17) is 0 Å².